The predicted octanol–water partition coefficient (Wildman–Crippen LogP) is 4.50. The van der Waals surface area contributed by atoms with Crippen LogP contribution in [0.2, 0.25) is 5.02 Å². The minimum Gasteiger partial charge on any atom is -0.496 e. The monoisotopic (exact) mass is 479 g/mol. The number of halogens is 2. The summed E-state index contributed by atoms with van der Waals surface area (Å²) < 4.78 is 5.36. The number of benzene rings is 1. The lowest BCUT2D eigenvalue weighted by Gasteiger charge is -2.16. The quantitative estimate of drug-likeness (QED) is 0.364. The van der Waals surface area contributed by atoms with Crippen LogP contribution >= 0.6 is 46.9 Å². The molecule has 1 atom stereocenters. The maximum absolute atomic E-state index is 5.98. The lowest BCUT2D eigenvalue weighted by Crippen LogP contribution is -2.38. The molecule has 1 aromatic carbocycles. The van der Waals surface area contributed by atoms with E-state index in [1.54, 1.807) is 25.5 Å². The summed E-state index contributed by atoms with van der Waals surface area (Å²) in [5.41, 5.74) is 2.38. The van der Waals surface area contributed by atoms with Crippen LogP contribution in [0.5, 0.6) is 5.75 Å². The molecule has 2 N–H and O–H groups in total. The molecule has 0 spiro atoms. The Morgan fingerprint density at radius 3 is 2.75 bits per heavy atom. The van der Waals surface area contributed by atoms with E-state index in [0.29, 0.717) is 17.5 Å². The van der Waals surface area contributed by atoms with Gasteiger partial charge in [-0.25, -0.2) is 0 Å². The number of hydrogen-bond acceptors (Lipinski definition) is 3. The van der Waals surface area contributed by atoms with E-state index in [2.05, 4.69) is 39.4 Å². The first kappa shape index (κ1) is 21.1. The van der Waals surface area contributed by atoms with Crippen LogP contribution in [0.3, 0.4) is 0 Å². The van der Waals surface area contributed by atoms with Gasteiger partial charge in [0.1, 0.15) is 5.75 Å². The van der Waals surface area contributed by atoms with E-state index in [9.17, 15) is 0 Å². The van der Waals surface area contributed by atoms with Crippen molar-refractivity contribution in [3.05, 3.63) is 51.2 Å². The molecule has 2 aromatic rings. The van der Waals surface area contributed by atoms with Crippen molar-refractivity contribution in [2.75, 3.05) is 20.7 Å². The van der Waals surface area contributed by atoms with Crippen LogP contribution in [-0.2, 0) is 6.54 Å². The molecule has 0 saturated carbocycles. The number of thiophene rings is 1. The zero-order valence-corrected chi connectivity index (χ0v) is 17.9. The molecule has 1 unspecified atom stereocenters. The molecule has 0 amide bonds. The largest absolute Gasteiger partial charge is 0.496 e. The number of hydrogen-bond donors (Lipinski definition) is 2. The Kier molecular flexibility index (Phi) is 9.46. The van der Waals surface area contributed by atoms with E-state index in [4.69, 9.17) is 16.3 Å². The Balaban J connectivity index is 0.00000288. The highest BCUT2D eigenvalue weighted by atomic mass is 127. The van der Waals surface area contributed by atoms with Crippen molar-refractivity contribution in [2.24, 2.45) is 4.99 Å². The Bertz CT molecular complexity index is 649. The summed E-state index contributed by atoms with van der Waals surface area (Å²) in [5.74, 6) is 1.97. The first-order chi connectivity index (χ1) is 11.1. The molecule has 2 rings (SSSR count). The third kappa shape index (κ3) is 6.14. The van der Waals surface area contributed by atoms with Crippen LogP contribution in [0.25, 0.3) is 0 Å². The molecule has 0 fully saturated rings. The van der Waals surface area contributed by atoms with E-state index in [1.807, 2.05) is 18.2 Å². The highest BCUT2D eigenvalue weighted by Crippen LogP contribution is 2.22. The van der Waals surface area contributed by atoms with Crippen LogP contribution in [0.1, 0.15) is 24.0 Å². The van der Waals surface area contributed by atoms with Crippen LogP contribution < -0.4 is 15.4 Å². The van der Waals surface area contributed by atoms with Gasteiger partial charge in [0.2, 0.25) is 0 Å². The molecule has 0 aliphatic carbocycles. The standard InChI is InChI=1S/C17H22ClN3OS.HI/c1-12(14-6-7-23-11-14)9-20-17(19-2)21-10-13-4-5-15(18)8-16(13)22-3;/h4-8,11-12H,9-10H2,1-3H3,(H2,19,20,21);1H. The fourth-order valence-corrected chi connectivity index (χ4v) is 3.13. The molecule has 1 aromatic heterocycles. The second-order valence-corrected chi connectivity index (χ2v) is 6.44. The van der Waals surface area contributed by atoms with Gasteiger partial charge in [0.05, 0.1) is 7.11 Å². The summed E-state index contributed by atoms with van der Waals surface area (Å²) in [7, 11) is 3.41. The predicted molar refractivity (Wildman–Crippen MR) is 114 cm³/mol. The SMILES string of the molecule is CN=C(NCc1ccc(Cl)cc1OC)NCC(C)c1ccsc1.I. The van der Waals surface area contributed by atoms with Gasteiger partial charge in [-0.1, -0.05) is 24.6 Å². The normalized spacial score (nSPS) is 12.2. The van der Waals surface area contributed by atoms with Crippen molar-refractivity contribution in [2.45, 2.75) is 19.4 Å². The minimum absolute atomic E-state index is 0. The highest BCUT2D eigenvalue weighted by Gasteiger charge is 2.08. The minimum atomic E-state index is 0. The van der Waals surface area contributed by atoms with E-state index < -0.39 is 0 Å². The van der Waals surface area contributed by atoms with Gasteiger partial charge in [-0.15, -0.1) is 24.0 Å². The van der Waals surface area contributed by atoms with E-state index in [-0.39, 0.29) is 24.0 Å². The molecule has 0 aliphatic rings. The number of methoxy groups -OCH3 is 1. The average molecular weight is 480 g/mol. The first-order valence-electron chi connectivity index (χ1n) is 7.43. The fourth-order valence-electron chi connectivity index (χ4n) is 2.19. The topological polar surface area (TPSA) is 45.7 Å². The van der Waals surface area contributed by atoms with Crippen LogP contribution in [0.15, 0.2) is 40.0 Å². The molecule has 4 nitrogen and oxygen atoms in total. The van der Waals surface area contributed by atoms with Gasteiger partial charge in [-0.3, -0.25) is 4.99 Å². The highest BCUT2D eigenvalue weighted by molar-refractivity contribution is 14.0. The van der Waals surface area contributed by atoms with Crippen molar-refractivity contribution in [1.82, 2.24) is 10.6 Å². The van der Waals surface area contributed by atoms with E-state index in [0.717, 1.165) is 23.8 Å². The molecule has 0 saturated heterocycles. The summed E-state index contributed by atoms with van der Waals surface area (Å²) in [5, 5.41) is 11.6. The Hall–Kier alpha value is -0.990. The Labute approximate surface area is 169 Å². The first-order valence-corrected chi connectivity index (χ1v) is 8.75. The van der Waals surface area contributed by atoms with Crippen LogP contribution in [0, 0.1) is 0 Å². The average Bonchev–Trinajstić information content (AvgIpc) is 3.10. The summed E-state index contributed by atoms with van der Waals surface area (Å²) >= 11 is 7.71. The third-order valence-electron chi connectivity index (χ3n) is 3.61. The van der Waals surface area contributed by atoms with Crippen molar-refractivity contribution in [3.8, 4) is 5.75 Å². The van der Waals surface area contributed by atoms with Crippen LogP contribution in [-0.4, -0.2) is 26.7 Å². The number of nitrogens with one attached hydrogen (secondary N) is 2. The fraction of sp³-hybridized carbons (Fsp3) is 0.353. The van der Waals surface area contributed by atoms with Crippen molar-refractivity contribution < 1.29 is 4.74 Å². The summed E-state index contributed by atoms with van der Waals surface area (Å²) in [6.45, 7) is 3.64. The van der Waals surface area contributed by atoms with Gasteiger partial charge < -0.3 is 15.4 Å². The molecule has 7 heteroatoms. The molecular formula is C17H23ClIN3OS. The molecule has 1 heterocycles. The lowest BCUT2D eigenvalue weighted by atomic mass is 10.1. The summed E-state index contributed by atoms with van der Waals surface area (Å²) in [6.07, 6.45) is 0. The molecule has 132 valence electrons. The maximum atomic E-state index is 5.98. The van der Waals surface area contributed by atoms with Crippen molar-refractivity contribution in [1.29, 1.82) is 0 Å². The lowest BCUT2D eigenvalue weighted by molar-refractivity contribution is 0.409. The molecular weight excluding hydrogens is 457 g/mol. The second-order valence-electron chi connectivity index (χ2n) is 5.22. The molecule has 0 radical (unpaired) electrons. The van der Waals surface area contributed by atoms with Gasteiger partial charge in [0.15, 0.2) is 5.96 Å². The number of guanidine groups is 1. The Morgan fingerprint density at radius 1 is 1.33 bits per heavy atom. The van der Waals surface area contributed by atoms with Gasteiger partial charge in [-0.2, -0.15) is 11.3 Å². The number of nitrogens with zero attached hydrogens (tertiary/aromatic N) is 1. The molecule has 0 aliphatic heterocycles. The van der Waals surface area contributed by atoms with Gasteiger partial charge in [-0.05, 0) is 40.4 Å². The second kappa shape index (κ2) is 10.8. The van der Waals surface area contributed by atoms with Crippen LogP contribution in [0.4, 0.5) is 0 Å². The van der Waals surface area contributed by atoms with E-state index in [1.165, 1.54) is 5.56 Å². The van der Waals surface area contributed by atoms with Gasteiger partial charge in [0.25, 0.3) is 0 Å². The Morgan fingerprint density at radius 2 is 2.12 bits per heavy atom. The number of aliphatic imine (C=N–C) groups is 1. The third-order valence-corrected chi connectivity index (χ3v) is 4.54. The van der Waals surface area contributed by atoms with E-state index >= 15 is 0 Å². The zero-order valence-electron chi connectivity index (χ0n) is 14.0. The molecule has 24 heavy (non-hydrogen) atoms. The molecule has 0 bridgehead atoms. The van der Waals surface area contributed by atoms with Gasteiger partial charge >= 0.3 is 0 Å². The number of ether oxygens (including phenoxy) is 1. The summed E-state index contributed by atoms with van der Waals surface area (Å²) in [6, 6.07) is 7.78. The maximum Gasteiger partial charge on any atom is 0.191 e. The smallest absolute Gasteiger partial charge is 0.191 e. The van der Waals surface area contributed by atoms with Crippen molar-refractivity contribution in [3.63, 3.8) is 0 Å². The zero-order chi connectivity index (χ0) is 16.7. The van der Waals surface area contributed by atoms with Gasteiger partial charge in [0, 0.05) is 30.7 Å². The number of rotatable bonds is 6. The summed E-state index contributed by atoms with van der Waals surface area (Å²) in [4.78, 5) is 4.26. The van der Waals surface area contributed by atoms with Crippen molar-refractivity contribution >= 4 is 52.9 Å².